The third kappa shape index (κ3) is 2.00. The molecule has 0 aliphatic rings. The predicted octanol–water partition coefficient (Wildman–Crippen LogP) is 4.47. The van der Waals surface area contributed by atoms with E-state index in [0.29, 0.717) is 5.88 Å². The van der Waals surface area contributed by atoms with Gasteiger partial charge in [-0.2, -0.15) is 0 Å². The minimum Gasteiger partial charge on any atom is -0.240 e. The molecule has 0 aliphatic heterocycles. The van der Waals surface area contributed by atoms with Gasteiger partial charge in [0.05, 0.1) is 11.6 Å². The zero-order valence-electron chi connectivity index (χ0n) is 9.67. The van der Waals surface area contributed by atoms with E-state index in [1.165, 1.54) is 22.3 Å². The Kier molecular flexibility index (Phi) is 3.31. The van der Waals surface area contributed by atoms with Gasteiger partial charge in [-0.25, -0.2) is 4.98 Å². The largest absolute Gasteiger partial charge is 0.240 e. The lowest BCUT2D eigenvalue weighted by atomic mass is 9.99. The van der Waals surface area contributed by atoms with Crippen molar-refractivity contribution in [2.75, 3.05) is 0 Å². The molecule has 1 nitrogen and oxygen atoms in total. The van der Waals surface area contributed by atoms with E-state index in [2.05, 4.69) is 37.9 Å². The van der Waals surface area contributed by atoms with Gasteiger partial charge < -0.3 is 0 Å². The molecule has 0 atom stereocenters. The summed E-state index contributed by atoms with van der Waals surface area (Å²) >= 11 is 7.43. The van der Waals surface area contributed by atoms with E-state index < -0.39 is 0 Å². The molecular weight excluding hydrogens is 238 g/mol. The Morgan fingerprint density at radius 3 is 2.56 bits per heavy atom. The van der Waals surface area contributed by atoms with E-state index in [4.69, 9.17) is 11.6 Å². The van der Waals surface area contributed by atoms with Crippen LogP contribution in [0.25, 0.3) is 10.6 Å². The highest BCUT2D eigenvalue weighted by Crippen LogP contribution is 2.30. The molecule has 0 N–H and O–H groups in total. The first kappa shape index (κ1) is 11.6. The predicted molar refractivity (Wildman–Crippen MR) is 71.3 cm³/mol. The summed E-state index contributed by atoms with van der Waals surface area (Å²) in [6.45, 7) is 6.45. The van der Waals surface area contributed by atoms with Crippen molar-refractivity contribution in [1.82, 2.24) is 4.98 Å². The average Bonchev–Trinajstić information content (AvgIpc) is 2.74. The molecule has 1 aromatic carbocycles. The van der Waals surface area contributed by atoms with E-state index in [0.717, 1.165) is 10.7 Å². The van der Waals surface area contributed by atoms with Crippen molar-refractivity contribution >= 4 is 22.9 Å². The molecule has 0 saturated carbocycles. The van der Waals surface area contributed by atoms with Crippen LogP contribution < -0.4 is 0 Å². The maximum atomic E-state index is 5.77. The number of benzene rings is 1. The molecule has 0 saturated heterocycles. The average molecular weight is 252 g/mol. The van der Waals surface area contributed by atoms with Gasteiger partial charge in [0, 0.05) is 10.9 Å². The summed E-state index contributed by atoms with van der Waals surface area (Å²) in [5.41, 5.74) is 6.18. The van der Waals surface area contributed by atoms with Crippen LogP contribution in [0.15, 0.2) is 17.5 Å². The molecule has 0 fully saturated rings. The first-order valence-electron chi connectivity index (χ1n) is 5.21. The van der Waals surface area contributed by atoms with Crippen LogP contribution >= 0.6 is 22.9 Å². The number of nitrogens with zero attached hydrogens (tertiary/aromatic N) is 1. The van der Waals surface area contributed by atoms with Crippen molar-refractivity contribution in [3.8, 4) is 10.6 Å². The summed E-state index contributed by atoms with van der Waals surface area (Å²) in [6.07, 6.45) is 0. The molecule has 84 valence electrons. The highest BCUT2D eigenvalue weighted by Gasteiger charge is 2.09. The summed E-state index contributed by atoms with van der Waals surface area (Å²) in [7, 11) is 0. The molecule has 0 unspecified atom stereocenters. The van der Waals surface area contributed by atoms with E-state index in [-0.39, 0.29) is 0 Å². The first-order chi connectivity index (χ1) is 7.63. The van der Waals surface area contributed by atoms with Gasteiger partial charge in [-0.05, 0) is 37.5 Å². The Bertz CT molecular complexity index is 517. The van der Waals surface area contributed by atoms with Crippen molar-refractivity contribution in [2.45, 2.75) is 26.7 Å². The van der Waals surface area contributed by atoms with Gasteiger partial charge in [0.15, 0.2) is 0 Å². The van der Waals surface area contributed by atoms with E-state index in [1.54, 1.807) is 11.3 Å². The van der Waals surface area contributed by atoms with Gasteiger partial charge in [0.2, 0.25) is 0 Å². The van der Waals surface area contributed by atoms with Crippen LogP contribution in [0.1, 0.15) is 22.4 Å². The lowest BCUT2D eigenvalue weighted by Gasteiger charge is -2.08. The van der Waals surface area contributed by atoms with E-state index in [1.807, 2.05) is 5.38 Å². The van der Waals surface area contributed by atoms with Crippen LogP contribution in [-0.2, 0) is 5.88 Å². The first-order valence-corrected chi connectivity index (χ1v) is 6.62. The third-order valence-corrected chi connectivity index (χ3v) is 4.18. The maximum absolute atomic E-state index is 5.77. The molecule has 2 rings (SSSR count). The Hall–Kier alpha value is -0.860. The zero-order valence-corrected chi connectivity index (χ0v) is 11.2. The number of hydrogen-bond acceptors (Lipinski definition) is 2. The topological polar surface area (TPSA) is 12.9 Å². The molecular formula is C13H14ClNS. The van der Waals surface area contributed by atoms with Crippen molar-refractivity contribution in [1.29, 1.82) is 0 Å². The molecule has 0 aliphatic carbocycles. The van der Waals surface area contributed by atoms with Crippen LogP contribution in [0.3, 0.4) is 0 Å². The second kappa shape index (κ2) is 4.56. The molecule has 1 heterocycles. The van der Waals surface area contributed by atoms with Crippen LogP contribution in [0.4, 0.5) is 0 Å². The molecule has 16 heavy (non-hydrogen) atoms. The second-order valence-corrected chi connectivity index (χ2v) is 5.08. The van der Waals surface area contributed by atoms with Gasteiger partial charge in [-0.15, -0.1) is 22.9 Å². The number of hydrogen-bond donors (Lipinski definition) is 0. The number of alkyl halides is 1. The molecule has 0 spiro atoms. The monoisotopic (exact) mass is 251 g/mol. The molecule has 0 radical (unpaired) electrons. The minimum absolute atomic E-state index is 0.486. The van der Waals surface area contributed by atoms with Gasteiger partial charge in [-0.1, -0.05) is 12.1 Å². The summed E-state index contributed by atoms with van der Waals surface area (Å²) in [4.78, 5) is 4.52. The Balaban J connectivity index is 2.52. The summed E-state index contributed by atoms with van der Waals surface area (Å²) in [5.74, 6) is 0.486. The molecule has 3 heteroatoms. The van der Waals surface area contributed by atoms with Crippen molar-refractivity contribution in [3.05, 3.63) is 39.9 Å². The number of rotatable bonds is 2. The lowest BCUT2D eigenvalue weighted by Crippen LogP contribution is -1.90. The highest BCUT2D eigenvalue weighted by atomic mass is 35.5. The summed E-state index contributed by atoms with van der Waals surface area (Å²) in [6, 6.07) is 4.30. The van der Waals surface area contributed by atoms with Crippen LogP contribution in [0.2, 0.25) is 0 Å². The van der Waals surface area contributed by atoms with Gasteiger partial charge in [0.25, 0.3) is 0 Å². The quantitative estimate of drug-likeness (QED) is 0.718. The smallest absolute Gasteiger partial charge is 0.123 e. The van der Waals surface area contributed by atoms with Gasteiger partial charge in [0.1, 0.15) is 5.01 Å². The molecule has 0 bridgehead atoms. The van der Waals surface area contributed by atoms with Crippen LogP contribution in [-0.4, -0.2) is 4.98 Å². The second-order valence-electron chi connectivity index (χ2n) is 3.96. The highest BCUT2D eigenvalue weighted by molar-refractivity contribution is 7.13. The fourth-order valence-corrected chi connectivity index (χ4v) is 2.81. The molecule has 2 aromatic rings. The van der Waals surface area contributed by atoms with Crippen molar-refractivity contribution < 1.29 is 0 Å². The SMILES string of the molecule is Cc1ccc(-c2nc(CCl)cs2)c(C)c1C. The molecule has 0 amide bonds. The van der Waals surface area contributed by atoms with Crippen LogP contribution in [0.5, 0.6) is 0 Å². The Morgan fingerprint density at radius 1 is 1.19 bits per heavy atom. The third-order valence-electron chi connectivity index (χ3n) is 2.98. The summed E-state index contributed by atoms with van der Waals surface area (Å²) in [5, 5.41) is 3.09. The number of aryl methyl sites for hydroxylation is 1. The van der Waals surface area contributed by atoms with Crippen molar-refractivity contribution in [2.24, 2.45) is 0 Å². The van der Waals surface area contributed by atoms with Crippen molar-refractivity contribution in [3.63, 3.8) is 0 Å². The van der Waals surface area contributed by atoms with Crippen LogP contribution in [0, 0.1) is 20.8 Å². The van der Waals surface area contributed by atoms with E-state index in [9.17, 15) is 0 Å². The fraction of sp³-hybridized carbons (Fsp3) is 0.308. The lowest BCUT2D eigenvalue weighted by molar-refractivity contribution is 1.21. The fourth-order valence-electron chi connectivity index (χ4n) is 1.68. The molecule has 1 aromatic heterocycles. The number of aromatic nitrogens is 1. The standard InChI is InChI=1S/C13H14ClNS/c1-8-4-5-12(10(3)9(8)2)13-15-11(6-14)7-16-13/h4-5,7H,6H2,1-3H3. The zero-order chi connectivity index (χ0) is 11.7. The number of thiazole rings is 1. The number of halogens is 1. The maximum Gasteiger partial charge on any atom is 0.123 e. The normalized spacial score (nSPS) is 10.8. The minimum atomic E-state index is 0.486. The Morgan fingerprint density at radius 2 is 1.94 bits per heavy atom. The van der Waals surface area contributed by atoms with Gasteiger partial charge in [-0.3, -0.25) is 0 Å². The summed E-state index contributed by atoms with van der Waals surface area (Å²) < 4.78 is 0. The van der Waals surface area contributed by atoms with E-state index >= 15 is 0 Å². The van der Waals surface area contributed by atoms with Gasteiger partial charge >= 0.3 is 0 Å². The Labute approximate surface area is 105 Å².